The van der Waals surface area contributed by atoms with Gasteiger partial charge in [-0.15, -0.1) is 0 Å². The van der Waals surface area contributed by atoms with Crippen LogP contribution in [0.1, 0.15) is 44.6 Å². The number of ether oxygens (including phenoxy) is 1. The Morgan fingerprint density at radius 2 is 1.82 bits per heavy atom. The average molecular weight is 577 g/mol. The zero-order valence-corrected chi connectivity index (χ0v) is 22.1. The van der Waals surface area contributed by atoms with Gasteiger partial charge in [-0.25, -0.2) is 0 Å². The summed E-state index contributed by atoms with van der Waals surface area (Å²) in [5.41, 5.74) is 0.766. The number of hydrogen-bond donors (Lipinski definition) is 1. The van der Waals surface area contributed by atoms with Gasteiger partial charge in [-0.05, 0) is 71.6 Å². The monoisotopic (exact) mass is 574 g/mol. The molecule has 0 aliphatic heterocycles. The quantitative estimate of drug-likeness (QED) is 0.383. The Bertz CT molecular complexity index is 999. The predicted molar refractivity (Wildman–Crippen MR) is 136 cm³/mol. The van der Waals surface area contributed by atoms with Crippen LogP contribution in [0.15, 0.2) is 40.9 Å². The number of carbonyl (C=O) groups excluding carboxylic acids is 2. The minimum Gasteiger partial charge on any atom is -0.483 e. The van der Waals surface area contributed by atoms with Crippen molar-refractivity contribution < 1.29 is 14.3 Å². The second kappa shape index (κ2) is 12.3. The third-order valence-corrected chi connectivity index (χ3v) is 7.29. The molecule has 5 nitrogen and oxygen atoms in total. The van der Waals surface area contributed by atoms with Crippen molar-refractivity contribution in [1.82, 2.24) is 10.2 Å². The van der Waals surface area contributed by atoms with E-state index in [1.807, 2.05) is 0 Å². The molecule has 2 amide bonds. The lowest BCUT2D eigenvalue weighted by Gasteiger charge is -2.31. The van der Waals surface area contributed by atoms with Gasteiger partial charge < -0.3 is 15.0 Å². The number of amides is 2. The molecule has 0 bridgehead atoms. The number of halogens is 4. The molecule has 9 heteroatoms. The summed E-state index contributed by atoms with van der Waals surface area (Å²) in [6.45, 7) is 1.69. The van der Waals surface area contributed by atoms with Crippen molar-refractivity contribution in [2.24, 2.45) is 0 Å². The molecule has 1 aliphatic carbocycles. The number of hydrogen-bond acceptors (Lipinski definition) is 3. The number of benzene rings is 2. The van der Waals surface area contributed by atoms with E-state index in [1.165, 1.54) is 11.3 Å². The number of nitrogens with one attached hydrogen (secondary N) is 1. The van der Waals surface area contributed by atoms with Crippen molar-refractivity contribution in [2.45, 2.75) is 57.7 Å². The topological polar surface area (TPSA) is 58.6 Å². The van der Waals surface area contributed by atoms with Crippen LogP contribution >= 0.6 is 50.7 Å². The Balaban J connectivity index is 1.74. The highest BCUT2D eigenvalue weighted by Crippen LogP contribution is 2.28. The number of nitrogens with zero attached hydrogens (tertiary/aromatic N) is 1. The highest BCUT2D eigenvalue weighted by Gasteiger charge is 2.28. The summed E-state index contributed by atoms with van der Waals surface area (Å²) in [6.07, 6.45) is 5.34. The average Bonchev–Trinajstić information content (AvgIpc) is 2.79. The van der Waals surface area contributed by atoms with Crippen LogP contribution in [-0.4, -0.2) is 35.4 Å². The molecule has 178 valence electrons. The normalized spacial score (nSPS) is 15.1. The van der Waals surface area contributed by atoms with Gasteiger partial charge in [-0.3, -0.25) is 9.59 Å². The van der Waals surface area contributed by atoms with Crippen LogP contribution in [0.25, 0.3) is 0 Å². The minimum atomic E-state index is -0.689. The fraction of sp³-hybridized carbons (Fsp3) is 0.417. The van der Waals surface area contributed by atoms with Crippen molar-refractivity contribution in [1.29, 1.82) is 0 Å². The molecule has 0 saturated heterocycles. The van der Waals surface area contributed by atoms with Crippen molar-refractivity contribution in [3.05, 3.63) is 61.5 Å². The fourth-order valence-corrected chi connectivity index (χ4v) is 4.92. The SMILES string of the molecule is CC(C(=O)NC1CCCCC1)N(Cc1ccc(Cl)c(Cl)c1)C(=O)COc1ccc(Cl)cc1Br. The van der Waals surface area contributed by atoms with Crippen LogP contribution < -0.4 is 10.1 Å². The molecule has 0 radical (unpaired) electrons. The lowest BCUT2D eigenvalue weighted by atomic mass is 9.95. The molecule has 0 heterocycles. The summed E-state index contributed by atoms with van der Waals surface area (Å²) in [5, 5.41) is 4.48. The molecule has 1 atom stereocenters. The summed E-state index contributed by atoms with van der Waals surface area (Å²) in [7, 11) is 0. The molecule has 1 aliphatic rings. The number of rotatable bonds is 8. The third-order valence-electron chi connectivity index (χ3n) is 5.70. The molecule has 0 aromatic heterocycles. The van der Waals surface area contributed by atoms with E-state index in [1.54, 1.807) is 43.3 Å². The van der Waals surface area contributed by atoms with Crippen LogP contribution in [0.4, 0.5) is 0 Å². The van der Waals surface area contributed by atoms with Gasteiger partial charge in [0, 0.05) is 17.6 Å². The van der Waals surface area contributed by atoms with E-state index in [4.69, 9.17) is 39.5 Å². The van der Waals surface area contributed by atoms with Crippen LogP contribution in [0, 0.1) is 0 Å². The van der Waals surface area contributed by atoms with Gasteiger partial charge >= 0.3 is 0 Å². The second-order valence-electron chi connectivity index (χ2n) is 8.15. The van der Waals surface area contributed by atoms with Crippen LogP contribution in [0.5, 0.6) is 5.75 Å². The summed E-state index contributed by atoms with van der Waals surface area (Å²) in [5.74, 6) is -0.0150. The maximum atomic E-state index is 13.2. The maximum Gasteiger partial charge on any atom is 0.261 e. The van der Waals surface area contributed by atoms with Gasteiger partial charge in [0.15, 0.2) is 6.61 Å². The van der Waals surface area contributed by atoms with Gasteiger partial charge in [0.2, 0.25) is 5.91 Å². The summed E-state index contributed by atoms with van der Waals surface area (Å²) < 4.78 is 6.36. The predicted octanol–water partition coefficient (Wildman–Crippen LogP) is 6.65. The highest BCUT2D eigenvalue weighted by atomic mass is 79.9. The highest BCUT2D eigenvalue weighted by molar-refractivity contribution is 9.10. The van der Waals surface area contributed by atoms with Gasteiger partial charge in [0.05, 0.1) is 14.5 Å². The first kappa shape index (κ1) is 26.1. The van der Waals surface area contributed by atoms with Gasteiger partial charge in [0.25, 0.3) is 5.91 Å². The van der Waals surface area contributed by atoms with E-state index in [9.17, 15) is 9.59 Å². The van der Waals surface area contributed by atoms with E-state index in [-0.39, 0.29) is 31.0 Å². The molecule has 2 aromatic rings. The Kier molecular flexibility index (Phi) is 9.74. The molecule has 2 aromatic carbocycles. The Hall–Kier alpha value is -1.47. The second-order valence-corrected chi connectivity index (χ2v) is 10.3. The van der Waals surface area contributed by atoms with Crippen molar-refractivity contribution in [3.8, 4) is 5.75 Å². The molecular formula is C24H26BrCl3N2O3. The molecule has 33 heavy (non-hydrogen) atoms. The molecular weight excluding hydrogens is 551 g/mol. The smallest absolute Gasteiger partial charge is 0.261 e. The van der Waals surface area contributed by atoms with Crippen LogP contribution in [-0.2, 0) is 16.1 Å². The minimum absolute atomic E-state index is 0.150. The molecule has 1 unspecified atom stereocenters. The standard InChI is InChI=1S/C24H26BrCl3N2O3/c1-15(24(32)29-18-5-3-2-4-6-18)30(13-16-7-9-20(27)21(28)11-16)23(31)14-33-22-10-8-17(26)12-19(22)25/h7-12,15,18H,2-6,13-14H2,1H3,(H,29,32). The van der Waals surface area contributed by atoms with Gasteiger partial charge in [0.1, 0.15) is 11.8 Å². The first-order valence-electron chi connectivity index (χ1n) is 10.9. The molecule has 1 N–H and O–H groups in total. The van der Waals surface area contributed by atoms with Crippen LogP contribution in [0.3, 0.4) is 0 Å². The summed E-state index contributed by atoms with van der Waals surface area (Å²) in [4.78, 5) is 27.7. The van der Waals surface area contributed by atoms with Gasteiger partial charge in [-0.1, -0.05) is 60.1 Å². The van der Waals surface area contributed by atoms with E-state index in [2.05, 4.69) is 21.2 Å². The van der Waals surface area contributed by atoms with E-state index < -0.39 is 6.04 Å². The molecule has 1 fully saturated rings. The van der Waals surface area contributed by atoms with E-state index in [0.29, 0.717) is 25.3 Å². The fourth-order valence-electron chi connectivity index (χ4n) is 3.80. The van der Waals surface area contributed by atoms with Crippen LogP contribution in [0.2, 0.25) is 15.1 Å². The Morgan fingerprint density at radius 3 is 2.48 bits per heavy atom. The van der Waals surface area contributed by atoms with Crippen molar-refractivity contribution >= 4 is 62.5 Å². The molecule has 0 spiro atoms. The van der Waals surface area contributed by atoms with Crippen molar-refractivity contribution in [3.63, 3.8) is 0 Å². The maximum absolute atomic E-state index is 13.2. The third kappa shape index (κ3) is 7.51. The van der Waals surface area contributed by atoms with E-state index in [0.717, 1.165) is 31.2 Å². The Labute approximate surface area is 217 Å². The zero-order chi connectivity index (χ0) is 24.0. The number of carbonyl (C=O) groups is 2. The lowest BCUT2D eigenvalue weighted by molar-refractivity contribution is -0.142. The Morgan fingerprint density at radius 1 is 1.09 bits per heavy atom. The van der Waals surface area contributed by atoms with Crippen molar-refractivity contribution in [2.75, 3.05) is 6.61 Å². The summed E-state index contributed by atoms with van der Waals surface area (Å²) in [6, 6.07) is 9.68. The first-order valence-corrected chi connectivity index (χ1v) is 12.8. The zero-order valence-electron chi connectivity index (χ0n) is 18.3. The summed E-state index contributed by atoms with van der Waals surface area (Å²) >= 11 is 21.6. The largest absolute Gasteiger partial charge is 0.483 e. The van der Waals surface area contributed by atoms with Gasteiger partial charge in [-0.2, -0.15) is 0 Å². The van der Waals surface area contributed by atoms with E-state index >= 15 is 0 Å². The molecule has 3 rings (SSSR count). The lowest BCUT2D eigenvalue weighted by Crippen LogP contribution is -2.51. The molecule has 1 saturated carbocycles. The first-order chi connectivity index (χ1) is 15.7.